The zero-order chi connectivity index (χ0) is 9.40. The predicted molar refractivity (Wildman–Crippen MR) is 56.4 cm³/mol. The van der Waals surface area contributed by atoms with E-state index in [1.807, 2.05) is 6.26 Å². The van der Waals surface area contributed by atoms with Gasteiger partial charge in [0.25, 0.3) is 0 Å². The Hall–Kier alpha value is 0.0200. The van der Waals surface area contributed by atoms with E-state index in [0.29, 0.717) is 5.12 Å². The normalized spacial score (nSPS) is 12.9. The number of hydrogen-bond donors (Lipinski definition) is 0. The van der Waals surface area contributed by atoms with Crippen molar-refractivity contribution in [2.75, 3.05) is 6.26 Å². The van der Waals surface area contributed by atoms with Crippen molar-refractivity contribution in [2.24, 2.45) is 5.92 Å². The van der Waals surface area contributed by atoms with E-state index in [2.05, 4.69) is 13.8 Å². The molecule has 0 aromatic carbocycles. The summed E-state index contributed by atoms with van der Waals surface area (Å²) in [5, 5.41) is 0.332. The average molecular weight is 188 g/mol. The van der Waals surface area contributed by atoms with Crippen LogP contribution in [0.1, 0.15) is 46.0 Å². The van der Waals surface area contributed by atoms with Gasteiger partial charge in [0.15, 0.2) is 5.12 Å². The molecule has 0 N–H and O–H groups in total. The van der Waals surface area contributed by atoms with Gasteiger partial charge in [0.2, 0.25) is 0 Å². The lowest BCUT2D eigenvalue weighted by molar-refractivity contribution is -0.111. The minimum absolute atomic E-state index is 0.332. The fourth-order valence-corrected chi connectivity index (χ4v) is 1.68. The van der Waals surface area contributed by atoms with Gasteiger partial charge in [-0.05, 0) is 18.6 Å². The molecule has 0 saturated carbocycles. The zero-order valence-corrected chi connectivity index (χ0v) is 9.25. The summed E-state index contributed by atoms with van der Waals surface area (Å²) in [4.78, 5) is 10.9. The summed E-state index contributed by atoms with van der Waals surface area (Å²) in [5.41, 5.74) is 0. The van der Waals surface area contributed by atoms with Gasteiger partial charge in [-0.3, -0.25) is 4.79 Å². The maximum atomic E-state index is 10.9. The molecule has 12 heavy (non-hydrogen) atoms. The number of thioether (sulfide) groups is 1. The van der Waals surface area contributed by atoms with E-state index in [0.717, 1.165) is 18.8 Å². The quantitative estimate of drug-likeness (QED) is 0.635. The molecule has 2 heteroatoms. The minimum Gasteiger partial charge on any atom is -0.287 e. The van der Waals surface area contributed by atoms with Crippen LogP contribution in [-0.4, -0.2) is 11.4 Å². The van der Waals surface area contributed by atoms with Gasteiger partial charge in [0, 0.05) is 6.42 Å². The molecule has 0 aromatic rings. The van der Waals surface area contributed by atoms with Crippen molar-refractivity contribution in [3.05, 3.63) is 0 Å². The predicted octanol–water partition coefficient (Wildman–Crippen LogP) is 3.48. The molecule has 0 spiro atoms. The lowest BCUT2D eigenvalue weighted by Crippen LogP contribution is -1.96. The second-order valence-electron chi connectivity index (χ2n) is 3.36. The van der Waals surface area contributed by atoms with E-state index in [1.165, 1.54) is 31.0 Å². The van der Waals surface area contributed by atoms with Crippen molar-refractivity contribution in [3.63, 3.8) is 0 Å². The molecule has 0 saturated heterocycles. The Morgan fingerprint density at radius 3 is 2.58 bits per heavy atom. The molecule has 0 aliphatic carbocycles. The van der Waals surface area contributed by atoms with Crippen LogP contribution in [0.4, 0.5) is 0 Å². The molecule has 0 bridgehead atoms. The van der Waals surface area contributed by atoms with Gasteiger partial charge in [-0.25, -0.2) is 0 Å². The van der Waals surface area contributed by atoms with Crippen LogP contribution in [-0.2, 0) is 4.79 Å². The Bertz CT molecular complexity index is 123. The van der Waals surface area contributed by atoms with Gasteiger partial charge >= 0.3 is 0 Å². The summed E-state index contributed by atoms with van der Waals surface area (Å²) in [6.45, 7) is 4.48. The summed E-state index contributed by atoms with van der Waals surface area (Å²) in [6.07, 6.45) is 7.46. The first-order valence-electron chi connectivity index (χ1n) is 4.77. The Kier molecular flexibility index (Phi) is 7.67. The average Bonchev–Trinajstić information content (AvgIpc) is 2.04. The van der Waals surface area contributed by atoms with Crippen LogP contribution in [0.3, 0.4) is 0 Å². The van der Waals surface area contributed by atoms with Gasteiger partial charge < -0.3 is 0 Å². The van der Waals surface area contributed by atoms with Crippen LogP contribution in [0.25, 0.3) is 0 Å². The zero-order valence-electron chi connectivity index (χ0n) is 8.43. The molecule has 0 radical (unpaired) electrons. The van der Waals surface area contributed by atoms with Gasteiger partial charge in [0.05, 0.1) is 0 Å². The molecular formula is C10H20OS. The largest absolute Gasteiger partial charge is 0.287 e. The molecule has 0 fully saturated rings. The van der Waals surface area contributed by atoms with Crippen LogP contribution >= 0.6 is 11.8 Å². The first-order chi connectivity index (χ1) is 5.70. The maximum Gasteiger partial charge on any atom is 0.188 e. The first-order valence-corrected chi connectivity index (χ1v) is 6.00. The van der Waals surface area contributed by atoms with Crippen molar-refractivity contribution < 1.29 is 4.79 Å². The molecule has 0 amide bonds. The van der Waals surface area contributed by atoms with Crippen LogP contribution in [0.5, 0.6) is 0 Å². The fourth-order valence-electron chi connectivity index (χ4n) is 1.33. The first kappa shape index (κ1) is 12.0. The molecule has 0 aromatic heterocycles. The van der Waals surface area contributed by atoms with Crippen molar-refractivity contribution in [1.82, 2.24) is 0 Å². The Labute approximate surface area is 80.3 Å². The maximum absolute atomic E-state index is 10.9. The molecule has 0 aliphatic rings. The van der Waals surface area contributed by atoms with Gasteiger partial charge in [-0.2, -0.15) is 0 Å². The molecule has 1 atom stereocenters. The Morgan fingerprint density at radius 1 is 1.42 bits per heavy atom. The number of carbonyl (C=O) groups excluding carboxylic acids is 1. The second-order valence-corrected chi connectivity index (χ2v) is 4.23. The lowest BCUT2D eigenvalue weighted by Gasteiger charge is -2.07. The van der Waals surface area contributed by atoms with Gasteiger partial charge in [0.1, 0.15) is 0 Å². The molecule has 72 valence electrons. The third-order valence-corrected chi connectivity index (χ3v) is 2.75. The highest BCUT2D eigenvalue weighted by molar-refractivity contribution is 8.13. The molecule has 0 heterocycles. The molecule has 0 rings (SSSR count). The van der Waals surface area contributed by atoms with Crippen LogP contribution in [0.15, 0.2) is 0 Å². The Morgan fingerprint density at radius 2 is 2.08 bits per heavy atom. The Balaban J connectivity index is 3.24. The van der Waals surface area contributed by atoms with E-state index >= 15 is 0 Å². The summed E-state index contributed by atoms with van der Waals surface area (Å²) in [5.74, 6) is 0.796. The molecule has 1 nitrogen and oxygen atoms in total. The van der Waals surface area contributed by atoms with Crippen molar-refractivity contribution in [3.8, 4) is 0 Å². The SMILES string of the molecule is CCCC(C)CCCC(=O)SC. The minimum atomic E-state index is 0.332. The van der Waals surface area contributed by atoms with E-state index in [-0.39, 0.29) is 0 Å². The van der Waals surface area contributed by atoms with E-state index in [4.69, 9.17) is 0 Å². The monoisotopic (exact) mass is 188 g/mol. The molecule has 1 unspecified atom stereocenters. The summed E-state index contributed by atoms with van der Waals surface area (Å²) in [7, 11) is 0. The second kappa shape index (κ2) is 7.66. The number of rotatable bonds is 6. The summed E-state index contributed by atoms with van der Waals surface area (Å²) < 4.78 is 0. The standard InChI is InChI=1S/C10H20OS/c1-4-6-9(2)7-5-8-10(11)12-3/h9H,4-8H2,1-3H3. The smallest absolute Gasteiger partial charge is 0.188 e. The van der Waals surface area contributed by atoms with Crippen LogP contribution < -0.4 is 0 Å². The van der Waals surface area contributed by atoms with Crippen molar-refractivity contribution in [1.29, 1.82) is 0 Å². The van der Waals surface area contributed by atoms with Crippen molar-refractivity contribution in [2.45, 2.75) is 46.0 Å². The topological polar surface area (TPSA) is 17.1 Å². The fraction of sp³-hybridized carbons (Fsp3) is 0.900. The number of hydrogen-bond acceptors (Lipinski definition) is 2. The summed E-state index contributed by atoms with van der Waals surface area (Å²) >= 11 is 1.35. The van der Waals surface area contributed by atoms with Gasteiger partial charge in [-0.15, -0.1) is 0 Å². The highest BCUT2D eigenvalue weighted by Gasteiger charge is 2.03. The van der Waals surface area contributed by atoms with Crippen molar-refractivity contribution >= 4 is 16.9 Å². The molecule has 0 aliphatic heterocycles. The third-order valence-electron chi connectivity index (χ3n) is 2.09. The van der Waals surface area contributed by atoms with Gasteiger partial charge in [-0.1, -0.05) is 44.9 Å². The highest BCUT2D eigenvalue weighted by atomic mass is 32.2. The lowest BCUT2D eigenvalue weighted by atomic mass is 10.00. The highest BCUT2D eigenvalue weighted by Crippen LogP contribution is 2.15. The summed E-state index contributed by atoms with van der Waals surface area (Å²) in [6, 6.07) is 0. The molecular weight excluding hydrogens is 168 g/mol. The van der Waals surface area contributed by atoms with Crippen LogP contribution in [0, 0.1) is 5.92 Å². The van der Waals surface area contributed by atoms with E-state index in [1.54, 1.807) is 0 Å². The van der Waals surface area contributed by atoms with E-state index < -0.39 is 0 Å². The van der Waals surface area contributed by atoms with Crippen LogP contribution in [0.2, 0.25) is 0 Å². The number of carbonyl (C=O) groups is 1. The van der Waals surface area contributed by atoms with E-state index in [9.17, 15) is 4.79 Å². The third kappa shape index (κ3) is 6.71.